The predicted octanol–water partition coefficient (Wildman–Crippen LogP) is 3.14. The van der Waals surface area contributed by atoms with Gasteiger partial charge in [0.05, 0.1) is 11.8 Å². The molecule has 4 rings (SSSR count). The van der Waals surface area contributed by atoms with E-state index in [2.05, 4.69) is 21.1 Å². The third-order valence-corrected chi connectivity index (χ3v) is 4.64. The van der Waals surface area contributed by atoms with Gasteiger partial charge in [0.2, 0.25) is 5.95 Å². The molecule has 1 N–H and O–H groups in total. The molecule has 0 unspecified atom stereocenters. The lowest BCUT2D eigenvalue weighted by Crippen LogP contribution is -2.20. The zero-order valence-corrected chi connectivity index (χ0v) is 15.1. The molecule has 0 aliphatic carbocycles. The van der Waals surface area contributed by atoms with E-state index in [9.17, 15) is 5.11 Å². The summed E-state index contributed by atoms with van der Waals surface area (Å²) in [4.78, 5) is 11.3. The summed E-state index contributed by atoms with van der Waals surface area (Å²) in [5.41, 5.74) is 3.99. The Hall–Kier alpha value is -3.40. The van der Waals surface area contributed by atoms with Gasteiger partial charge in [0, 0.05) is 36.6 Å². The Morgan fingerprint density at radius 3 is 2.78 bits per heavy atom. The first-order chi connectivity index (χ1) is 13.1. The molecule has 136 valence electrons. The van der Waals surface area contributed by atoms with Crippen molar-refractivity contribution in [3.05, 3.63) is 42.2 Å². The van der Waals surface area contributed by atoms with Crippen molar-refractivity contribution in [2.75, 3.05) is 18.0 Å². The van der Waals surface area contributed by atoms with Crippen molar-refractivity contribution in [2.45, 2.75) is 26.3 Å². The van der Waals surface area contributed by atoms with Gasteiger partial charge in [0.15, 0.2) is 0 Å². The molecule has 2 aromatic heterocycles. The van der Waals surface area contributed by atoms with E-state index >= 15 is 0 Å². The number of anilines is 1. The first-order valence-corrected chi connectivity index (χ1v) is 8.98. The summed E-state index contributed by atoms with van der Waals surface area (Å²) >= 11 is 0. The Labute approximate surface area is 157 Å². The third-order valence-electron chi connectivity index (χ3n) is 4.64. The first-order valence-electron chi connectivity index (χ1n) is 8.98. The van der Waals surface area contributed by atoms with Gasteiger partial charge in [-0.25, -0.2) is 9.97 Å². The highest BCUT2D eigenvalue weighted by molar-refractivity contribution is 5.79. The van der Waals surface area contributed by atoms with E-state index < -0.39 is 0 Å². The van der Waals surface area contributed by atoms with Crippen LogP contribution in [0.1, 0.15) is 18.4 Å². The minimum atomic E-state index is 0.148. The van der Waals surface area contributed by atoms with Crippen molar-refractivity contribution in [3.8, 4) is 34.3 Å². The summed E-state index contributed by atoms with van der Waals surface area (Å²) in [5, 5.41) is 23.6. The Morgan fingerprint density at radius 2 is 2.04 bits per heavy atom. The maximum absolute atomic E-state index is 10.00. The van der Waals surface area contributed by atoms with Gasteiger partial charge in [0.25, 0.3) is 0 Å². The second kappa shape index (κ2) is 7.08. The number of nitriles is 1. The zero-order valence-electron chi connectivity index (χ0n) is 15.1. The van der Waals surface area contributed by atoms with Crippen molar-refractivity contribution >= 4 is 5.95 Å². The summed E-state index contributed by atoms with van der Waals surface area (Å²) in [6.07, 6.45) is 5.90. The molecule has 1 saturated heterocycles. The van der Waals surface area contributed by atoms with E-state index in [4.69, 9.17) is 10.2 Å². The van der Waals surface area contributed by atoms with Gasteiger partial charge >= 0.3 is 0 Å². The number of phenols is 1. The van der Waals surface area contributed by atoms with E-state index in [-0.39, 0.29) is 12.3 Å². The number of aromatic hydroxyl groups is 1. The molecule has 1 aliphatic heterocycles. The van der Waals surface area contributed by atoms with Gasteiger partial charge in [-0.1, -0.05) is 0 Å². The molecule has 0 amide bonds. The molecule has 0 spiro atoms. The molecule has 3 heterocycles. The topological polar surface area (TPSA) is 90.9 Å². The van der Waals surface area contributed by atoms with Crippen LogP contribution in [0.3, 0.4) is 0 Å². The first kappa shape index (κ1) is 17.0. The highest BCUT2D eigenvalue weighted by Crippen LogP contribution is 2.33. The summed E-state index contributed by atoms with van der Waals surface area (Å²) in [6, 6.07) is 9.31. The molecule has 0 saturated carbocycles. The van der Waals surface area contributed by atoms with Gasteiger partial charge in [-0.3, -0.25) is 4.68 Å². The fourth-order valence-electron chi connectivity index (χ4n) is 3.44. The molecular weight excluding hydrogens is 340 g/mol. The van der Waals surface area contributed by atoms with Crippen molar-refractivity contribution in [1.29, 1.82) is 5.26 Å². The van der Waals surface area contributed by atoms with Gasteiger partial charge < -0.3 is 10.0 Å². The number of benzene rings is 1. The van der Waals surface area contributed by atoms with Crippen molar-refractivity contribution in [1.82, 2.24) is 19.7 Å². The van der Waals surface area contributed by atoms with Gasteiger partial charge in [0.1, 0.15) is 18.0 Å². The monoisotopic (exact) mass is 360 g/mol. The quantitative estimate of drug-likeness (QED) is 0.768. The minimum absolute atomic E-state index is 0.148. The number of rotatable bonds is 4. The van der Waals surface area contributed by atoms with Crippen LogP contribution < -0.4 is 4.90 Å². The number of hydrogen-bond donors (Lipinski definition) is 1. The summed E-state index contributed by atoms with van der Waals surface area (Å²) in [7, 11) is 0. The fourth-order valence-corrected chi connectivity index (χ4v) is 3.44. The second-order valence-corrected chi connectivity index (χ2v) is 6.74. The Morgan fingerprint density at radius 1 is 1.22 bits per heavy atom. The Kier molecular flexibility index (Phi) is 4.47. The van der Waals surface area contributed by atoms with Crippen LogP contribution >= 0.6 is 0 Å². The van der Waals surface area contributed by atoms with Gasteiger partial charge in [-0.05, 0) is 49.6 Å². The van der Waals surface area contributed by atoms with Crippen LogP contribution in [0.5, 0.6) is 5.75 Å². The molecule has 0 bridgehead atoms. The van der Waals surface area contributed by atoms with Crippen LogP contribution in [0.15, 0.2) is 36.7 Å². The maximum atomic E-state index is 10.00. The number of nitrogens with zero attached hydrogens (tertiary/aromatic N) is 6. The zero-order chi connectivity index (χ0) is 18.8. The van der Waals surface area contributed by atoms with Crippen molar-refractivity contribution < 1.29 is 5.11 Å². The van der Waals surface area contributed by atoms with Crippen molar-refractivity contribution in [3.63, 3.8) is 0 Å². The number of hydrogen-bond acceptors (Lipinski definition) is 6. The van der Waals surface area contributed by atoms with E-state index in [1.165, 1.54) is 0 Å². The normalized spacial score (nSPS) is 13.7. The molecule has 0 atom stereocenters. The molecule has 7 nitrogen and oxygen atoms in total. The molecule has 0 radical (unpaired) electrons. The average Bonchev–Trinajstić information content (AvgIpc) is 3.31. The lowest BCUT2D eigenvalue weighted by Gasteiger charge is -2.15. The predicted molar refractivity (Wildman–Crippen MR) is 102 cm³/mol. The molecular formula is C20H20N6O. The fraction of sp³-hybridized carbons (Fsp3) is 0.300. The number of aryl methyl sites for hydroxylation is 1. The van der Waals surface area contributed by atoms with Crippen LogP contribution in [-0.2, 0) is 6.54 Å². The van der Waals surface area contributed by atoms with Crippen LogP contribution in [0.25, 0.3) is 22.5 Å². The highest BCUT2D eigenvalue weighted by Gasteiger charge is 2.19. The van der Waals surface area contributed by atoms with Gasteiger partial charge in [-0.15, -0.1) is 0 Å². The van der Waals surface area contributed by atoms with Crippen LogP contribution in [0, 0.1) is 18.3 Å². The van der Waals surface area contributed by atoms with Crippen LogP contribution in [0.2, 0.25) is 0 Å². The lowest BCUT2D eigenvalue weighted by atomic mass is 10.0. The summed E-state index contributed by atoms with van der Waals surface area (Å²) in [6.45, 7) is 4.01. The molecule has 1 aliphatic rings. The van der Waals surface area contributed by atoms with Gasteiger partial charge in [-0.2, -0.15) is 10.4 Å². The highest BCUT2D eigenvalue weighted by atomic mass is 16.3. The largest absolute Gasteiger partial charge is 0.508 e. The SMILES string of the molecule is Cc1cc(O)cc(-c2nn(CC#N)cc2-c2ccnc(N3CCCC3)n2)c1. The second-order valence-electron chi connectivity index (χ2n) is 6.74. The van der Waals surface area contributed by atoms with Crippen LogP contribution in [0.4, 0.5) is 5.95 Å². The van der Waals surface area contributed by atoms with E-state index in [0.717, 1.165) is 54.3 Å². The van der Waals surface area contributed by atoms with Crippen molar-refractivity contribution in [2.24, 2.45) is 0 Å². The number of phenolic OH excluding ortho intramolecular Hbond substituents is 1. The lowest BCUT2D eigenvalue weighted by molar-refractivity contribution is 0.475. The Balaban J connectivity index is 1.82. The van der Waals surface area contributed by atoms with E-state index in [1.54, 1.807) is 23.0 Å². The van der Waals surface area contributed by atoms with E-state index in [1.807, 2.05) is 25.3 Å². The average molecular weight is 360 g/mol. The van der Waals surface area contributed by atoms with E-state index in [0.29, 0.717) is 5.69 Å². The maximum Gasteiger partial charge on any atom is 0.225 e. The summed E-state index contributed by atoms with van der Waals surface area (Å²) < 4.78 is 1.60. The van der Waals surface area contributed by atoms with Crippen LogP contribution in [-0.4, -0.2) is 37.9 Å². The molecule has 7 heteroatoms. The molecule has 27 heavy (non-hydrogen) atoms. The Bertz CT molecular complexity index is 993. The molecule has 1 aromatic carbocycles. The minimum Gasteiger partial charge on any atom is -0.508 e. The third kappa shape index (κ3) is 3.47. The summed E-state index contributed by atoms with van der Waals surface area (Å²) in [5.74, 6) is 0.905. The number of aromatic nitrogens is 4. The smallest absolute Gasteiger partial charge is 0.225 e. The standard InChI is InChI=1S/C20H20N6O/c1-14-10-15(12-16(27)11-14)19-17(13-26(24-19)9-5-21)18-4-6-22-20(23-18)25-7-2-3-8-25/h4,6,10-13,27H,2-3,7-9H2,1H3. The molecule has 1 fully saturated rings. The molecule has 3 aromatic rings.